The highest BCUT2D eigenvalue weighted by molar-refractivity contribution is 6.01. The number of pyridine rings is 1. The van der Waals surface area contributed by atoms with Crippen LogP contribution in [0.3, 0.4) is 0 Å². The first kappa shape index (κ1) is 20.9. The number of hydrogen-bond donors (Lipinski definition) is 0. The molecule has 0 spiro atoms. The van der Waals surface area contributed by atoms with Crippen molar-refractivity contribution in [1.29, 1.82) is 0 Å². The Labute approximate surface area is 204 Å². The molecule has 0 N–H and O–H groups in total. The summed E-state index contributed by atoms with van der Waals surface area (Å²) in [6.07, 6.45) is 5.37. The van der Waals surface area contributed by atoms with Gasteiger partial charge in [0.25, 0.3) is 0 Å². The van der Waals surface area contributed by atoms with Crippen LogP contribution in [0.15, 0.2) is 122 Å². The van der Waals surface area contributed by atoms with E-state index in [0.717, 1.165) is 39.0 Å². The zero-order chi connectivity index (χ0) is 23.6. The first-order chi connectivity index (χ1) is 17.3. The Hall–Kier alpha value is -4.63. The van der Waals surface area contributed by atoms with E-state index in [4.69, 9.17) is 9.97 Å². The highest BCUT2D eigenvalue weighted by Crippen LogP contribution is 2.38. The van der Waals surface area contributed by atoms with Crippen LogP contribution in [-0.2, 0) is 0 Å². The summed E-state index contributed by atoms with van der Waals surface area (Å²) >= 11 is 0. The molecule has 0 unspecified atom stereocenters. The molecular formula is C32H23N3. The molecule has 166 valence electrons. The molecule has 35 heavy (non-hydrogen) atoms. The van der Waals surface area contributed by atoms with Crippen molar-refractivity contribution >= 4 is 11.0 Å². The molecule has 0 aliphatic carbocycles. The van der Waals surface area contributed by atoms with Gasteiger partial charge in [-0.2, -0.15) is 0 Å². The van der Waals surface area contributed by atoms with E-state index in [2.05, 4.69) is 90.8 Å². The van der Waals surface area contributed by atoms with Gasteiger partial charge in [0, 0.05) is 35.3 Å². The van der Waals surface area contributed by atoms with Crippen LogP contribution >= 0.6 is 0 Å². The molecule has 4 aromatic carbocycles. The Kier molecular flexibility index (Phi) is 5.36. The number of nitrogens with zero attached hydrogens (tertiary/aromatic N) is 3. The lowest BCUT2D eigenvalue weighted by atomic mass is 9.90. The molecule has 0 bridgehead atoms. The average molecular weight is 450 g/mol. The maximum Gasteiger partial charge on any atom is 0.0971 e. The lowest BCUT2D eigenvalue weighted by molar-refractivity contribution is 1.29. The molecule has 0 aliphatic rings. The summed E-state index contributed by atoms with van der Waals surface area (Å²) in [7, 11) is 0. The molecule has 3 nitrogen and oxygen atoms in total. The zero-order valence-corrected chi connectivity index (χ0v) is 19.4. The Bertz CT molecular complexity index is 1640. The van der Waals surface area contributed by atoms with Crippen molar-refractivity contribution < 1.29 is 0 Å². The average Bonchev–Trinajstić information content (AvgIpc) is 2.94. The summed E-state index contributed by atoms with van der Waals surface area (Å²) < 4.78 is 0. The molecule has 3 heteroatoms. The predicted octanol–water partition coefficient (Wildman–Crippen LogP) is 8.00. The largest absolute Gasteiger partial charge is 0.256 e. The third-order valence-electron chi connectivity index (χ3n) is 6.47. The molecule has 0 saturated heterocycles. The first-order valence-corrected chi connectivity index (χ1v) is 11.7. The van der Waals surface area contributed by atoms with Gasteiger partial charge in [0.05, 0.1) is 16.7 Å². The summed E-state index contributed by atoms with van der Waals surface area (Å²) in [4.78, 5) is 14.1. The second-order valence-electron chi connectivity index (χ2n) is 8.55. The molecule has 2 heterocycles. The minimum Gasteiger partial charge on any atom is -0.256 e. The third kappa shape index (κ3) is 3.87. The van der Waals surface area contributed by atoms with E-state index in [1.165, 1.54) is 22.3 Å². The van der Waals surface area contributed by atoms with Gasteiger partial charge in [0.2, 0.25) is 0 Å². The van der Waals surface area contributed by atoms with Crippen LogP contribution in [-0.4, -0.2) is 15.0 Å². The second-order valence-corrected chi connectivity index (χ2v) is 8.55. The molecule has 0 aliphatic heterocycles. The van der Waals surface area contributed by atoms with Crippen LogP contribution in [0.2, 0.25) is 0 Å². The SMILES string of the molecule is Cc1c(-c2ccccc2)cccc1-c1ccc(-c2cccc(-c3ccccn3)c2)c2nccnc12. The first-order valence-electron chi connectivity index (χ1n) is 11.7. The number of aromatic nitrogens is 3. The Morgan fingerprint density at radius 1 is 0.429 bits per heavy atom. The van der Waals surface area contributed by atoms with Crippen LogP contribution < -0.4 is 0 Å². The fraction of sp³-hybridized carbons (Fsp3) is 0.0312. The van der Waals surface area contributed by atoms with Gasteiger partial charge in [-0.3, -0.25) is 15.0 Å². The van der Waals surface area contributed by atoms with Crippen molar-refractivity contribution in [3.05, 3.63) is 127 Å². The quantitative estimate of drug-likeness (QED) is 0.274. The van der Waals surface area contributed by atoms with Gasteiger partial charge in [-0.15, -0.1) is 0 Å². The number of fused-ring (bicyclic) bond motifs is 1. The number of benzene rings is 4. The molecule has 2 aromatic heterocycles. The topological polar surface area (TPSA) is 38.7 Å². The summed E-state index contributed by atoms with van der Waals surface area (Å²) in [5, 5.41) is 0. The van der Waals surface area contributed by atoms with Crippen molar-refractivity contribution in [2.75, 3.05) is 0 Å². The normalized spacial score (nSPS) is 11.0. The van der Waals surface area contributed by atoms with Crippen molar-refractivity contribution in [2.45, 2.75) is 6.92 Å². The van der Waals surface area contributed by atoms with Gasteiger partial charge in [-0.05, 0) is 52.9 Å². The van der Waals surface area contributed by atoms with Gasteiger partial charge in [0.15, 0.2) is 0 Å². The minimum absolute atomic E-state index is 0.896. The molecule has 0 atom stereocenters. The fourth-order valence-corrected chi connectivity index (χ4v) is 4.74. The molecule has 0 radical (unpaired) electrons. The Balaban J connectivity index is 1.51. The van der Waals surface area contributed by atoms with E-state index in [-0.39, 0.29) is 0 Å². The molecule has 6 rings (SSSR count). The number of rotatable bonds is 4. The summed E-state index contributed by atoms with van der Waals surface area (Å²) in [5.74, 6) is 0. The van der Waals surface area contributed by atoms with Crippen molar-refractivity contribution in [2.24, 2.45) is 0 Å². The van der Waals surface area contributed by atoms with E-state index in [9.17, 15) is 0 Å². The third-order valence-corrected chi connectivity index (χ3v) is 6.47. The fourth-order valence-electron chi connectivity index (χ4n) is 4.74. The van der Waals surface area contributed by atoms with Crippen molar-refractivity contribution in [3.8, 4) is 44.6 Å². The molecule has 0 amide bonds. The maximum absolute atomic E-state index is 4.79. The van der Waals surface area contributed by atoms with E-state index >= 15 is 0 Å². The minimum atomic E-state index is 0.896. The van der Waals surface area contributed by atoms with Crippen molar-refractivity contribution in [3.63, 3.8) is 0 Å². The summed E-state index contributed by atoms with van der Waals surface area (Å²) in [6.45, 7) is 2.18. The molecule has 6 aromatic rings. The maximum atomic E-state index is 4.79. The van der Waals surface area contributed by atoms with Gasteiger partial charge in [0.1, 0.15) is 0 Å². The predicted molar refractivity (Wildman–Crippen MR) is 144 cm³/mol. The Morgan fingerprint density at radius 2 is 1.09 bits per heavy atom. The van der Waals surface area contributed by atoms with Crippen LogP contribution in [0, 0.1) is 6.92 Å². The van der Waals surface area contributed by atoms with Crippen LogP contribution in [0.25, 0.3) is 55.7 Å². The highest BCUT2D eigenvalue weighted by atomic mass is 14.8. The van der Waals surface area contributed by atoms with Gasteiger partial charge < -0.3 is 0 Å². The second kappa shape index (κ2) is 8.96. The standard InChI is InChI=1S/C32H23N3/c1-22-26(23-9-3-2-4-10-23)13-8-14-27(22)29-17-16-28(31-32(29)35-20-19-34-31)24-11-7-12-25(21-24)30-15-5-6-18-33-30/h2-21H,1H3. The lowest BCUT2D eigenvalue weighted by Gasteiger charge is -2.15. The molecule has 0 saturated carbocycles. The van der Waals surface area contributed by atoms with E-state index in [1.807, 2.05) is 30.5 Å². The van der Waals surface area contributed by atoms with Crippen molar-refractivity contribution in [1.82, 2.24) is 15.0 Å². The molecule has 0 fully saturated rings. The summed E-state index contributed by atoms with van der Waals surface area (Å²) in [5.41, 5.74) is 11.9. The number of hydrogen-bond acceptors (Lipinski definition) is 3. The van der Waals surface area contributed by atoms with Gasteiger partial charge >= 0.3 is 0 Å². The lowest BCUT2D eigenvalue weighted by Crippen LogP contribution is -1.94. The van der Waals surface area contributed by atoms with Gasteiger partial charge in [-0.25, -0.2) is 0 Å². The van der Waals surface area contributed by atoms with E-state index in [0.29, 0.717) is 0 Å². The zero-order valence-electron chi connectivity index (χ0n) is 19.4. The van der Waals surface area contributed by atoms with Crippen LogP contribution in [0.4, 0.5) is 0 Å². The smallest absolute Gasteiger partial charge is 0.0971 e. The van der Waals surface area contributed by atoms with E-state index < -0.39 is 0 Å². The Morgan fingerprint density at radius 3 is 1.89 bits per heavy atom. The monoisotopic (exact) mass is 449 g/mol. The van der Waals surface area contributed by atoms with Gasteiger partial charge in [-0.1, -0.05) is 84.9 Å². The summed E-state index contributed by atoms with van der Waals surface area (Å²) in [6, 6.07) is 35.8. The highest BCUT2D eigenvalue weighted by Gasteiger charge is 2.15. The van der Waals surface area contributed by atoms with Crippen LogP contribution in [0.1, 0.15) is 5.56 Å². The molecular weight excluding hydrogens is 426 g/mol. The van der Waals surface area contributed by atoms with E-state index in [1.54, 1.807) is 12.4 Å². The van der Waals surface area contributed by atoms with Crippen LogP contribution in [0.5, 0.6) is 0 Å².